The molecule has 0 radical (unpaired) electrons. The number of carbonyl (C=O) groups is 1. The maximum absolute atomic E-state index is 11.4. The lowest BCUT2D eigenvalue weighted by molar-refractivity contribution is -0.146. The van der Waals surface area contributed by atoms with Crippen molar-refractivity contribution in [3.8, 4) is 5.75 Å². The third-order valence-corrected chi connectivity index (χ3v) is 2.49. The zero-order chi connectivity index (χ0) is 13.2. The Morgan fingerprint density at radius 2 is 2.11 bits per heavy atom. The summed E-state index contributed by atoms with van der Waals surface area (Å²) in [7, 11) is 0. The molecular weight excluding hydrogens is 230 g/mol. The van der Waals surface area contributed by atoms with E-state index in [0.29, 0.717) is 18.9 Å². The Bertz CT molecular complexity index is 366. The summed E-state index contributed by atoms with van der Waals surface area (Å²) >= 11 is 0. The fourth-order valence-electron chi connectivity index (χ4n) is 1.52. The van der Waals surface area contributed by atoms with E-state index in [9.17, 15) is 4.79 Å². The largest absolute Gasteiger partial charge is 0.482 e. The van der Waals surface area contributed by atoms with Crippen molar-refractivity contribution < 1.29 is 14.3 Å². The second kappa shape index (κ2) is 8.53. The standard InChI is InChI=1S/C14H21NO3/c1-2-3-10-17-14(16)11-18-13-7-5-4-6-12(13)8-9-15/h4-7H,2-3,8-11,15H2,1H3. The van der Waals surface area contributed by atoms with Crippen LogP contribution >= 0.6 is 0 Å². The maximum Gasteiger partial charge on any atom is 0.344 e. The molecule has 1 rings (SSSR count). The molecule has 0 bridgehead atoms. The van der Waals surface area contributed by atoms with Gasteiger partial charge in [-0.25, -0.2) is 4.79 Å². The Balaban J connectivity index is 2.40. The second-order valence-corrected chi connectivity index (χ2v) is 4.01. The number of carbonyl (C=O) groups excluding carboxylic acids is 1. The number of nitrogens with two attached hydrogens (primary N) is 1. The van der Waals surface area contributed by atoms with E-state index >= 15 is 0 Å². The van der Waals surface area contributed by atoms with Crippen LogP contribution in [0.4, 0.5) is 0 Å². The monoisotopic (exact) mass is 251 g/mol. The summed E-state index contributed by atoms with van der Waals surface area (Å²) < 4.78 is 10.5. The normalized spacial score (nSPS) is 10.1. The summed E-state index contributed by atoms with van der Waals surface area (Å²) in [5.74, 6) is 0.376. The zero-order valence-electron chi connectivity index (χ0n) is 10.9. The molecule has 0 saturated heterocycles. The van der Waals surface area contributed by atoms with Crippen LogP contribution in [-0.2, 0) is 16.0 Å². The van der Waals surface area contributed by atoms with Crippen molar-refractivity contribution in [3.63, 3.8) is 0 Å². The van der Waals surface area contributed by atoms with E-state index < -0.39 is 0 Å². The Morgan fingerprint density at radius 3 is 2.83 bits per heavy atom. The van der Waals surface area contributed by atoms with Gasteiger partial charge in [0, 0.05) is 0 Å². The first kappa shape index (κ1) is 14.5. The van der Waals surface area contributed by atoms with Gasteiger partial charge >= 0.3 is 5.97 Å². The van der Waals surface area contributed by atoms with Crippen molar-refractivity contribution in [1.29, 1.82) is 0 Å². The topological polar surface area (TPSA) is 61.5 Å². The molecule has 1 aromatic rings. The lowest BCUT2D eigenvalue weighted by Crippen LogP contribution is -2.16. The van der Waals surface area contributed by atoms with Crippen LogP contribution < -0.4 is 10.5 Å². The molecule has 0 fully saturated rings. The quantitative estimate of drug-likeness (QED) is 0.566. The van der Waals surface area contributed by atoms with E-state index in [4.69, 9.17) is 15.2 Å². The van der Waals surface area contributed by atoms with Crippen LogP contribution in [0.5, 0.6) is 5.75 Å². The van der Waals surface area contributed by atoms with Gasteiger partial charge in [-0.2, -0.15) is 0 Å². The molecule has 0 aliphatic rings. The summed E-state index contributed by atoms with van der Waals surface area (Å²) in [5, 5.41) is 0. The summed E-state index contributed by atoms with van der Waals surface area (Å²) in [6.45, 7) is 3.02. The Kier molecular flexibility index (Phi) is 6.87. The minimum Gasteiger partial charge on any atom is -0.482 e. The smallest absolute Gasteiger partial charge is 0.344 e. The number of unbranched alkanes of at least 4 members (excludes halogenated alkanes) is 1. The number of esters is 1. The van der Waals surface area contributed by atoms with Gasteiger partial charge in [-0.3, -0.25) is 0 Å². The third-order valence-electron chi connectivity index (χ3n) is 2.49. The molecule has 4 nitrogen and oxygen atoms in total. The van der Waals surface area contributed by atoms with Crippen molar-refractivity contribution in [2.24, 2.45) is 5.73 Å². The van der Waals surface area contributed by atoms with E-state index in [2.05, 4.69) is 0 Å². The van der Waals surface area contributed by atoms with Gasteiger partial charge in [0.25, 0.3) is 0 Å². The molecule has 0 unspecified atom stereocenters. The number of para-hydroxylation sites is 1. The fourth-order valence-corrected chi connectivity index (χ4v) is 1.52. The lowest BCUT2D eigenvalue weighted by atomic mass is 10.1. The van der Waals surface area contributed by atoms with Crippen molar-refractivity contribution in [3.05, 3.63) is 29.8 Å². The molecule has 2 N–H and O–H groups in total. The highest BCUT2D eigenvalue weighted by atomic mass is 16.6. The van der Waals surface area contributed by atoms with Gasteiger partial charge < -0.3 is 15.2 Å². The first-order chi connectivity index (χ1) is 8.77. The van der Waals surface area contributed by atoms with Crippen LogP contribution in [0, 0.1) is 0 Å². The molecule has 1 aromatic carbocycles. The van der Waals surface area contributed by atoms with Gasteiger partial charge in [-0.15, -0.1) is 0 Å². The third kappa shape index (κ3) is 5.19. The van der Waals surface area contributed by atoms with Crippen molar-refractivity contribution >= 4 is 5.97 Å². The number of benzene rings is 1. The molecule has 0 atom stereocenters. The molecule has 18 heavy (non-hydrogen) atoms. The molecule has 100 valence electrons. The van der Waals surface area contributed by atoms with E-state index in [-0.39, 0.29) is 12.6 Å². The van der Waals surface area contributed by atoms with Crippen LogP contribution in [0.2, 0.25) is 0 Å². The summed E-state index contributed by atoms with van der Waals surface area (Å²) in [4.78, 5) is 11.4. The van der Waals surface area contributed by atoms with Crippen LogP contribution in [-0.4, -0.2) is 25.7 Å². The first-order valence-electron chi connectivity index (χ1n) is 6.34. The maximum atomic E-state index is 11.4. The van der Waals surface area contributed by atoms with E-state index in [1.165, 1.54) is 0 Å². The number of rotatable bonds is 8. The van der Waals surface area contributed by atoms with E-state index in [0.717, 1.165) is 24.8 Å². The Hall–Kier alpha value is -1.55. The van der Waals surface area contributed by atoms with Gasteiger partial charge in [-0.05, 0) is 31.0 Å². The van der Waals surface area contributed by atoms with Gasteiger partial charge in [0.1, 0.15) is 5.75 Å². The number of ether oxygens (including phenoxy) is 2. The number of hydrogen-bond donors (Lipinski definition) is 1. The SMILES string of the molecule is CCCCOC(=O)COc1ccccc1CCN. The summed E-state index contributed by atoms with van der Waals surface area (Å²) in [6.07, 6.45) is 2.63. The van der Waals surface area contributed by atoms with Gasteiger partial charge in [0.2, 0.25) is 0 Å². The second-order valence-electron chi connectivity index (χ2n) is 4.01. The predicted molar refractivity (Wildman–Crippen MR) is 70.6 cm³/mol. The molecule has 4 heteroatoms. The highest BCUT2D eigenvalue weighted by molar-refractivity contribution is 5.71. The van der Waals surface area contributed by atoms with Gasteiger partial charge in [0.05, 0.1) is 6.61 Å². The predicted octanol–water partition coefficient (Wildman–Crippen LogP) is 1.91. The molecular formula is C14H21NO3. The fraction of sp³-hybridized carbons (Fsp3) is 0.500. The average Bonchev–Trinajstić information content (AvgIpc) is 2.38. The molecule has 0 saturated carbocycles. The molecule has 0 aliphatic carbocycles. The summed E-state index contributed by atoms with van der Waals surface area (Å²) in [5.41, 5.74) is 6.53. The van der Waals surface area contributed by atoms with E-state index in [1.54, 1.807) is 0 Å². The van der Waals surface area contributed by atoms with Crippen molar-refractivity contribution in [2.45, 2.75) is 26.2 Å². The zero-order valence-corrected chi connectivity index (χ0v) is 10.9. The molecule has 0 amide bonds. The first-order valence-corrected chi connectivity index (χ1v) is 6.34. The van der Waals surface area contributed by atoms with Crippen molar-refractivity contribution in [1.82, 2.24) is 0 Å². The van der Waals surface area contributed by atoms with Crippen LogP contribution in [0.3, 0.4) is 0 Å². The summed E-state index contributed by atoms with van der Waals surface area (Å²) in [6, 6.07) is 7.59. The minimum atomic E-state index is -0.328. The van der Waals surface area contributed by atoms with Crippen LogP contribution in [0.1, 0.15) is 25.3 Å². The van der Waals surface area contributed by atoms with Crippen molar-refractivity contribution in [2.75, 3.05) is 19.8 Å². The number of hydrogen-bond acceptors (Lipinski definition) is 4. The Labute approximate surface area is 108 Å². The minimum absolute atomic E-state index is 0.0503. The molecule has 0 spiro atoms. The highest BCUT2D eigenvalue weighted by Crippen LogP contribution is 2.17. The van der Waals surface area contributed by atoms with Crippen LogP contribution in [0.25, 0.3) is 0 Å². The van der Waals surface area contributed by atoms with Crippen LogP contribution in [0.15, 0.2) is 24.3 Å². The van der Waals surface area contributed by atoms with E-state index in [1.807, 2.05) is 31.2 Å². The lowest BCUT2D eigenvalue weighted by Gasteiger charge is -2.10. The average molecular weight is 251 g/mol. The molecule has 0 heterocycles. The van der Waals surface area contributed by atoms with Gasteiger partial charge in [-0.1, -0.05) is 31.5 Å². The van der Waals surface area contributed by atoms with Gasteiger partial charge in [0.15, 0.2) is 6.61 Å². The highest BCUT2D eigenvalue weighted by Gasteiger charge is 2.06. The molecule has 0 aliphatic heterocycles. The Morgan fingerprint density at radius 1 is 1.33 bits per heavy atom. The molecule has 0 aromatic heterocycles.